The molecule has 0 saturated heterocycles. The maximum absolute atomic E-state index is 10.7. The van der Waals surface area contributed by atoms with Gasteiger partial charge < -0.3 is 9.90 Å². The molecule has 5 nitrogen and oxygen atoms in total. The van der Waals surface area contributed by atoms with Crippen LogP contribution in [0.4, 0.5) is 0 Å². The van der Waals surface area contributed by atoms with Gasteiger partial charge in [-0.15, -0.1) is 0 Å². The minimum atomic E-state index is -1.27. The average molecular weight is 237 g/mol. The minimum Gasteiger partial charge on any atom is -0.543 e. The van der Waals surface area contributed by atoms with Crippen LogP contribution in [0.25, 0.3) is 11.1 Å². The maximum atomic E-state index is 10.7. The Labute approximate surface area is 117 Å². The number of carbonyl (C=O) groups is 1. The van der Waals surface area contributed by atoms with Crippen molar-refractivity contribution in [3.8, 4) is 11.1 Å². The summed E-state index contributed by atoms with van der Waals surface area (Å²) in [5.74, 6) is -1.27. The Hall–Kier alpha value is -1.57. The van der Waals surface area contributed by atoms with Crippen molar-refractivity contribution in [3.05, 3.63) is 36.4 Å². The monoisotopic (exact) mass is 237 g/mol. The van der Waals surface area contributed by atoms with Crippen LogP contribution in [0.5, 0.6) is 0 Å². The van der Waals surface area contributed by atoms with Crippen molar-refractivity contribution in [2.45, 2.75) is 19.9 Å². The Kier molecular flexibility index (Phi) is 4.71. The number of nitrogens with zero attached hydrogens (tertiary/aromatic N) is 3. The summed E-state index contributed by atoms with van der Waals surface area (Å²) in [5, 5.41) is 14.9. The van der Waals surface area contributed by atoms with Gasteiger partial charge in [0.1, 0.15) is 0 Å². The number of pyridine rings is 1. The second kappa shape index (κ2) is 5.85. The molecular weight excluding hydrogens is 225 g/mol. The first-order valence-corrected chi connectivity index (χ1v) is 5.30. The molecule has 0 aliphatic heterocycles. The number of aromatic nitrogens is 3. The fourth-order valence-electron chi connectivity index (χ4n) is 1.49. The van der Waals surface area contributed by atoms with Crippen molar-refractivity contribution < 1.29 is 28.8 Å². The second-order valence-electron chi connectivity index (χ2n) is 4.02. The van der Waals surface area contributed by atoms with Crippen LogP contribution in [0.2, 0.25) is 0 Å². The molecule has 2 rings (SSSR count). The molecule has 18 heavy (non-hydrogen) atoms. The van der Waals surface area contributed by atoms with Crippen LogP contribution in [0.1, 0.15) is 30.4 Å². The Morgan fingerprint density at radius 1 is 1.39 bits per heavy atom. The van der Waals surface area contributed by atoms with Crippen LogP contribution in [-0.2, 0) is 0 Å². The third-order valence-electron chi connectivity index (χ3n) is 2.43. The number of hydrogen-bond acceptors (Lipinski definition) is 4. The van der Waals surface area contributed by atoms with Gasteiger partial charge >= 0.3 is 18.9 Å². The molecule has 0 radical (unpaired) electrons. The topological polar surface area (TPSA) is 70.8 Å². The van der Waals surface area contributed by atoms with E-state index in [9.17, 15) is 9.90 Å². The number of hydrogen-bond donors (Lipinski definition) is 0. The molecule has 0 unspecified atom stereocenters. The molecule has 6 heteroatoms. The van der Waals surface area contributed by atoms with Crippen LogP contribution in [0.15, 0.2) is 30.7 Å². The number of carbonyl (C=O) groups excluding carboxylic acids is 1. The van der Waals surface area contributed by atoms with Gasteiger partial charge in [0, 0.05) is 24.0 Å². The summed E-state index contributed by atoms with van der Waals surface area (Å²) >= 11 is 0. The predicted molar refractivity (Wildman–Crippen MR) is 60.2 cm³/mol. The van der Waals surface area contributed by atoms with Crippen molar-refractivity contribution >= 4 is 5.97 Å². The smallest absolute Gasteiger partial charge is 0.543 e. The van der Waals surface area contributed by atoms with E-state index < -0.39 is 5.97 Å². The molecule has 0 bridgehead atoms. The van der Waals surface area contributed by atoms with Gasteiger partial charge in [0.2, 0.25) is 0 Å². The largest absolute Gasteiger partial charge is 1.00 e. The van der Waals surface area contributed by atoms with Gasteiger partial charge in [-0.05, 0) is 31.5 Å². The van der Waals surface area contributed by atoms with Gasteiger partial charge in [-0.1, -0.05) is 0 Å². The van der Waals surface area contributed by atoms with Crippen molar-refractivity contribution in [3.63, 3.8) is 0 Å². The van der Waals surface area contributed by atoms with Gasteiger partial charge in [-0.2, -0.15) is 5.10 Å². The van der Waals surface area contributed by atoms with Crippen LogP contribution >= 0.6 is 0 Å². The third kappa shape index (κ3) is 3.00. The third-order valence-corrected chi connectivity index (χ3v) is 2.43. The van der Waals surface area contributed by atoms with E-state index in [0.717, 1.165) is 11.1 Å². The van der Waals surface area contributed by atoms with Crippen molar-refractivity contribution in [2.75, 3.05) is 0 Å². The van der Waals surface area contributed by atoms with Gasteiger partial charge in [0.25, 0.3) is 0 Å². The Balaban J connectivity index is 0.00000162. The molecule has 0 amide bonds. The molecule has 0 aliphatic carbocycles. The molecule has 0 N–H and O–H groups in total. The number of aromatic carboxylic acids is 1. The average Bonchev–Trinajstić information content (AvgIpc) is 2.78. The fraction of sp³-hybridized carbons (Fsp3) is 0.250. The molecular formula is C12H12LiN3O2. The fourth-order valence-corrected chi connectivity index (χ4v) is 1.49. The molecule has 2 aromatic rings. The zero-order chi connectivity index (χ0) is 12.4. The minimum absolute atomic E-state index is 0. The maximum Gasteiger partial charge on any atom is 1.00 e. The standard InChI is InChI=1S/C12H13N3O2.Li/c1-8(2)15-7-10(6-14-15)9-3-4-13-11(5-9)12(16)17;/h3-8H,1-2H3,(H,16,17);/q;+1/p-1. The number of rotatable bonds is 3. The number of carboxylic acid groups (broad SMARTS) is 1. The van der Waals surface area contributed by atoms with Gasteiger partial charge in [0.05, 0.1) is 17.9 Å². The molecule has 0 spiro atoms. The van der Waals surface area contributed by atoms with Crippen LogP contribution < -0.4 is 24.0 Å². The van der Waals surface area contributed by atoms with E-state index in [-0.39, 0.29) is 30.6 Å². The summed E-state index contributed by atoms with van der Waals surface area (Å²) < 4.78 is 1.81. The molecule has 88 valence electrons. The zero-order valence-electron chi connectivity index (χ0n) is 10.6. The summed E-state index contributed by atoms with van der Waals surface area (Å²) in [6, 6.07) is 3.50. The molecule has 0 saturated carbocycles. The van der Waals surface area contributed by atoms with Crippen LogP contribution in [0.3, 0.4) is 0 Å². The zero-order valence-corrected chi connectivity index (χ0v) is 10.6. The quantitative estimate of drug-likeness (QED) is 0.573. The molecule has 2 heterocycles. The van der Waals surface area contributed by atoms with Crippen LogP contribution in [-0.4, -0.2) is 20.7 Å². The van der Waals surface area contributed by atoms with E-state index in [1.165, 1.54) is 12.3 Å². The summed E-state index contributed by atoms with van der Waals surface area (Å²) in [7, 11) is 0. The predicted octanol–water partition coefficient (Wildman–Crippen LogP) is -2.11. The van der Waals surface area contributed by atoms with E-state index in [2.05, 4.69) is 10.1 Å². The van der Waals surface area contributed by atoms with Gasteiger partial charge in [0.15, 0.2) is 0 Å². The van der Waals surface area contributed by atoms with E-state index in [4.69, 9.17) is 0 Å². The Morgan fingerprint density at radius 2 is 2.11 bits per heavy atom. The second-order valence-corrected chi connectivity index (χ2v) is 4.02. The Morgan fingerprint density at radius 3 is 2.67 bits per heavy atom. The molecule has 0 aromatic carbocycles. The van der Waals surface area contributed by atoms with Gasteiger partial charge in [-0.25, -0.2) is 0 Å². The van der Waals surface area contributed by atoms with Crippen molar-refractivity contribution in [1.29, 1.82) is 0 Å². The molecule has 2 aromatic heterocycles. The van der Waals surface area contributed by atoms with Crippen LogP contribution in [0, 0.1) is 0 Å². The first-order valence-electron chi connectivity index (χ1n) is 5.30. The van der Waals surface area contributed by atoms with Gasteiger partial charge in [-0.3, -0.25) is 9.67 Å². The number of carboxylic acids is 1. The van der Waals surface area contributed by atoms with E-state index in [1.807, 2.05) is 24.7 Å². The SMILES string of the molecule is CC(C)n1cc(-c2ccnc(C(=O)[O-])c2)cn1.[Li+]. The van der Waals surface area contributed by atoms with Crippen molar-refractivity contribution in [1.82, 2.24) is 14.8 Å². The molecule has 0 aliphatic rings. The van der Waals surface area contributed by atoms with E-state index >= 15 is 0 Å². The van der Waals surface area contributed by atoms with E-state index in [1.54, 1.807) is 12.3 Å². The summed E-state index contributed by atoms with van der Waals surface area (Å²) in [6.07, 6.45) is 5.03. The summed E-state index contributed by atoms with van der Waals surface area (Å²) in [5.41, 5.74) is 1.56. The first kappa shape index (κ1) is 14.5. The molecule has 0 fully saturated rings. The summed E-state index contributed by atoms with van der Waals surface area (Å²) in [6.45, 7) is 4.05. The first-order chi connectivity index (χ1) is 8.08. The van der Waals surface area contributed by atoms with Crippen molar-refractivity contribution in [2.24, 2.45) is 0 Å². The molecule has 0 atom stereocenters. The normalized spacial score (nSPS) is 10.2. The van der Waals surface area contributed by atoms with E-state index in [0.29, 0.717) is 0 Å². The summed E-state index contributed by atoms with van der Waals surface area (Å²) in [4.78, 5) is 14.4. The Bertz CT molecular complexity index is 552.